The summed E-state index contributed by atoms with van der Waals surface area (Å²) in [6, 6.07) is 7.57. The monoisotopic (exact) mass is 437 g/mol. The lowest BCUT2D eigenvalue weighted by Gasteiger charge is -2.16. The topological polar surface area (TPSA) is 103 Å². The number of aromatic nitrogens is 3. The molecule has 150 valence electrons. The van der Waals surface area contributed by atoms with Crippen LogP contribution >= 0.6 is 23.2 Å². The van der Waals surface area contributed by atoms with E-state index in [9.17, 15) is 19.3 Å². The first kappa shape index (κ1) is 20.7. The molecule has 8 nitrogen and oxygen atoms in total. The van der Waals surface area contributed by atoms with E-state index in [0.717, 1.165) is 6.07 Å². The minimum atomic E-state index is -0.653. The van der Waals surface area contributed by atoms with Crippen LogP contribution in [0.5, 0.6) is 0 Å². The minimum Gasteiger partial charge on any atom is -0.344 e. The van der Waals surface area contributed by atoms with E-state index >= 15 is 0 Å². The first-order valence-corrected chi connectivity index (χ1v) is 9.07. The normalized spacial score (nSPS) is 11.9. The molecule has 29 heavy (non-hydrogen) atoms. The van der Waals surface area contributed by atoms with Crippen molar-refractivity contribution in [3.63, 3.8) is 0 Å². The van der Waals surface area contributed by atoms with Crippen molar-refractivity contribution in [2.45, 2.75) is 19.9 Å². The van der Waals surface area contributed by atoms with E-state index in [1.54, 1.807) is 19.9 Å². The predicted molar refractivity (Wildman–Crippen MR) is 105 cm³/mol. The Hall–Kier alpha value is -3.04. The van der Waals surface area contributed by atoms with Crippen LogP contribution < -0.4 is 5.32 Å². The molecule has 0 bridgehead atoms. The van der Waals surface area contributed by atoms with Gasteiger partial charge in [0.05, 0.1) is 27.4 Å². The second-order valence-corrected chi connectivity index (χ2v) is 7.01. The highest BCUT2D eigenvalue weighted by molar-refractivity contribution is 6.35. The molecule has 0 aliphatic rings. The summed E-state index contributed by atoms with van der Waals surface area (Å²) in [4.78, 5) is 23.1. The van der Waals surface area contributed by atoms with Gasteiger partial charge in [-0.25, -0.2) is 9.07 Å². The third-order valence-corrected chi connectivity index (χ3v) is 4.87. The van der Waals surface area contributed by atoms with Gasteiger partial charge in [0, 0.05) is 17.2 Å². The summed E-state index contributed by atoms with van der Waals surface area (Å²) in [6.45, 7) is 3.24. The fraction of sp³-hybridized carbons (Fsp3) is 0.167. The van der Waals surface area contributed by atoms with Crippen LogP contribution in [-0.2, 0) is 0 Å². The standard InChI is InChI=1S/C18H14Cl2FN5O3/c1-9(13-7-16(21)15(20)8-14(13)19)22-18(27)17-10(2)25(24-23-17)11-4-3-5-12(6-11)26(28)29/h3-9H,1-2H3,(H,22,27). The quantitative estimate of drug-likeness (QED) is 0.361. The molecule has 1 atom stereocenters. The van der Waals surface area contributed by atoms with Crippen molar-refractivity contribution in [2.75, 3.05) is 0 Å². The van der Waals surface area contributed by atoms with Gasteiger partial charge in [0.25, 0.3) is 11.6 Å². The molecule has 1 unspecified atom stereocenters. The highest BCUT2D eigenvalue weighted by Gasteiger charge is 2.22. The number of carbonyl (C=O) groups excluding carboxylic acids is 1. The summed E-state index contributed by atoms with van der Waals surface area (Å²) >= 11 is 11.8. The molecule has 0 aliphatic carbocycles. The Balaban J connectivity index is 1.85. The summed E-state index contributed by atoms with van der Waals surface area (Å²) < 4.78 is 15.1. The largest absolute Gasteiger partial charge is 0.344 e. The van der Waals surface area contributed by atoms with E-state index < -0.39 is 22.7 Å². The molecule has 2 aromatic carbocycles. The van der Waals surface area contributed by atoms with E-state index in [2.05, 4.69) is 15.6 Å². The van der Waals surface area contributed by atoms with Crippen molar-refractivity contribution in [1.82, 2.24) is 20.3 Å². The van der Waals surface area contributed by atoms with E-state index in [1.807, 2.05) is 0 Å². The van der Waals surface area contributed by atoms with Gasteiger partial charge >= 0.3 is 0 Å². The summed E-state index contributed by atoms with van der Waals surface area (Å²) in [5, 5.41) is 21.5. The number of halogens is 3. The lowest BCUT2D eigenvalue weighted by molar-refractivity contribution is -0.384. The van der Waals surface area contributed by atoms with Crippen molar-refractivity contribution in [2.24, 2.45) is 0 Å². The zero-order valence-corrected chi connectivity index (χ0v) is 16.7. The van der Waals surface area contributed by atoms with Gasteiger partial charge in [0.2, 0.25) is 0 Å². The number of amides is 1. The fourth-order valence-corrected chi connectivity index (χ4v) is 3.28. The van der Waals surface area contributed by atoms with Gasteiger partial charge in [-0.05, 0) is 37.6 Å². The molecule has 1 aromatic heterocycles. The van der Waals surface area contributed by atoms with Gasteiger partial charge in [-0.2, -0.15) is 0 Å². The van der Waals surface area contributed by atoms with Crippen molar-refractivity contribution >= 4 is 34.8 Å². The molecule has 0 radical (unpaired) electrons. The maximum atomic E-state index is 13.7. The summed E-state index contributed by atoms with van der Waals surface area (Å²) in [5.41, 5.74) is 1.03. The number of carbonyl (C=O) groups is 1. The Morgan fingerprint density at radius 3 is 2.69 bits per heavy atom. The van der Waals surface area contributed by atoms with E-state index in [-0.39, 0.29) is 21.4 Å². The third-order valence-electron chi connectivity index (χ3n) is 4.25. The van der Waals surface area contributed by atoms with E-state index in [4.69, 9.17) is 23.2 Å². The molecule has 1 heterocycles. The molecule has 1 amide bonds. The fourth-order valence-electron chi connectivity index (χ4n) is 2.74. The first-order chi connectivity index (χ1) is 13.7. The maximum absolute atomic E-state index is 13.7. The molecule has 11 heteroatoms. The van der Waals surface area contributed by atoms with Gasteiger partial charge in [-0.1, -0.05) is 34.5 Å². The maximum Gasteiger partial charge on any atom is 0.274 e. The summed E-state index contributed by atoms with van der Waals surface area (Å²) in [6.07, 6.45) is 0. The molecule has 3 aromatic rings. The van der Waals surface area contributed by atoms with Crippen LogP contribution in [0.1, 0.15) is 34.7 Å². The molecule has 0 fully saturated rings. The zero-order valence-electron chi connectivity index (χ0n) is 15.2. The number of benzene rings is 2. The summed E-state index contributed by atoms with van der Waals surface area (Å²) in [5.74, 6) is -1.21. The van der Waals surface area contributed by atoms with Crippen LogP contribution in [-0.4, -0.2) is 25.8 Å². The number of rotatable bonds is 5. The van der Waals surface area contributed by atoms with Crippen LogP contribution in [0.15, 0.2) is 36.4 Å². The van der Waals surface area contributed by atoms with Crippen molar-refractivity contribution in [3.8, 4) is 5.69 Å². The van der Waals surface area contributed by atoms with Gasteiger partial charge in [-0.15, -0.1) is 5.10 Å². The Kier molecular flexibility index (Phi) is 5.81. The van der Waals surface area contributed by atoms with E-state index in [1.165, 1.54) is 28.9 Å². The predicted octanol–water partition coefficient (Wildman–Crippen LogP) is 4.42. The van der Waals surface area contributed by atoms with Crippen molar-refractivity contribution < 1.29 is 14.1 Å². The van der Waals surface area contributed by atoms with Crippen molar-refractivity contribution in [1.29, 1.82) is 0 Å². The Morgan fingerprint density at radius 1 is 1.28 bits per heavy atom. The Bertz CT molecular complexity index is 1120. The number of nitrogens with zero attached hydrogens (tertiary/aromatic N) is 4. The van der Waals surface area contributed by atoms with Crippen LogP contribution in [0.2, 0.25) is 10.0 Å². The Morgan fingerprint density at radius 2 is 2.00 bits per heavy atom. The summed E-state index contributed by atoms with van der Waals surface area (Å²) in [7, 11) is 0. The molecule has 1 N–H and O–H groups in total. The first-order valence-electron chi connectivity index (χ1n) is 8.31. The number of nitro groups is 1. The molecule has 0 saturated heterocycles. The number of nitro benzene ring substituents is 1. The van der Waals surface area contributed by atoms with Crippen LogP contribution in [0, 0.1) is 22.9 Å². The second kappa shape index (κ2) is 8.14. The third kappa shape index (κ3) is 4.20. The van der Waals surface area contributed by atoms with Gasteiger partial charge in [0.1, 0.15) is 5.82 Å². The Labute approximate surface area is 174 Å². The van der Waals surface area contributed by atoms with Crippen LogP contribution in [0.25, 0.3) is 5.69 Å². The molecule has 3 rings (SSSR count). The lowest BCUT2D eigenvalue weighted by atomic mass is 10.1. The lowest BCUT2D eigenvalue weighted by Crippen LogP contribution is -2.28. The minimum absolute atomic E-state index is 0.0221. The zero-order chi connectivity index (χ0) is 21.3. The van der Waals surface area contributed by atoms with Crippen LogP contribution in [0.3, 0.4) is 0 Å². The van der Waals surface area contributed by atoms with Gasteiger partial charge in [-0.3, -0.25) is 14.9 Å². The highest BCUT2D eigenvalue weighted by Crippen LogP contribution is 2.29. The average molecular weight is 438 g/mol. The van der Waals surface area contributed by atoms with E-state index in [0.29, 0.717) is 16.9 Å². The SMILES string of the molecule is Cc1c(C(=O)NC(C)c2cc(F)c(Cl)cc2Cl)nnn1-c1cccc([N+](=O)[O-])c1. The number of hydrogen-bond acceptors (Lipinski definition) is 5. The van der Waals surface area contributed by atoms with Crippen LogP contribution in [0.4, 0.5) is 10.1 Å². The molecule has 0 saturated carbocycles. The number of non-ortho nitro benzene ring substituents is 1. The molecular weight excluding hydrogens is 424 g/mol. The average Bonchev–Trinajstić information content (AvgIpc) is 3.06. The van der Waals surface area contributed by atoms with Gasteiger partial charge in [0.15, 0.2) is 5.69 Å². The number of nitrogens with one attached hydrogen (secondary N) is 1. The van der Waals surface area contributed by atoms with Gasteiger partial charge < -0.3 is 5.32 Å². The number of hydrogen-bond donors (Lipinski definition) is 1. The smallest absolute Gasteiger partial charge is 0.274 e. The van der Waals surface area contributed by atoms with Crippen molar-refractivity contribution in [3.05, 3.63) is 79.3 Å². The molecule has 0 spiro atoms. The molecule has 0 aliphatic heterocycles. The second-order valence-electron chi connectivity index (χ2n) is 6.20. The highest BCUT2D eigenvalue weighted by atomic mass is 35.5. The molecular formula is C18H14Cl2FN5O3.